The first kappa shape index (κ1) is 27.6. The van der Waals surface area contributed by atoms with Crippen LogP contribution < -0.4 is 20.1 Å². The zero-order chi connectivity index (χ0) is 18.9. The summed E-state index contributed by atoms with van der Waals surface area (Å²) in [7, 11) is 3.59. The number of rotatable bonds is 10. The van der Waals surface area contributed by atoms with Crippen LogP contribution in [0.5, 0.6) is 11.5 Å². The van der Waals surface area contributed by atoms with E-state index in [0.717, 1.165) is 41.7 Å². The van der Waals surface area contributed by atoms with Gasteiger partial charge in [-0.1, -0.05) is 29.3 Å². The Morgan fingerprint density at radius 1 is 1.07 bits per heavy atom. The van der Waals surface area contributed by atoms with E-state index in [9.17, 15) is 0 Å². The topological polar surface area (TPSA) is 42.5 Å². The molecule has 0 bridgehead atoms. The first-order valence-electron chi connectivity index (χ1n) is 8.33. The monoisotopic (exact) mass is 532 g/mol. The molecule has 0 saturated heterocycles. The molecule has 9 heteroatoms. The van der Waals surface area contributed by atoms with Gasteiger partial charge in [-0.05, 0) is 72.3 Å². The van der Waals surface area contributed by atoms with E-state index in [4.69, 9.17) is 32.7 Å². The van der Waals surface area contributed by atoms with E-state index in [1.165, 1.54) is 0 Å². The predicted molar refractivity (Wildman–Crippen MR) is 126 cm³/mol. The molecule has 4 nitrogen and oxygen atoms in total. The molecule has 0 amide bonds. The van der Waals surface area contributed by atoms with Gasteiger partial charge in [0.2, 0.25) is 0 Å². The van der Waals surface area contributed by atoms with Crippen LogP contribution in [0.1, 0.15) is 17.5 Å². The van der Waals surface area contributed by atoms with E-state index in [1.54, 1.807) is 19.2 Å². The van der Waals surface area contributed by atoms with Crippen molar-refractivity contribution in [3.05, 3.63) is 56.0 Å². The van der Waals surface area contributed by atoms with Gasteiger partial charge >= 0.3 is 0 Å². The molecule has 0 saturated carbocycles. The Labute approximate surface area is 197 Å². The lowest BCUT2D eigenvalue weighted by Gasteiger charge is -2.15. The fraction of sp³-hybridized carbons (Fsp3) is 0.368. The zero-order valence-corrected chi connectivity index (χ0v) is 20.4. The second-order valence-corrected chi connectivity index (χ2v) is 7.47. The van der Waals surface area contributed by atoms with Gasteiger partial charge in [0, 0.05) is 22.2 Å². The van der Waals surface area contributed by atoms with Crippen molar-refractivity contribution in [1.29, 1.82) is 0 Å². The third kappa shape index (κ3) is 8.54. The normalized spacial score (nSPS) is 10.0. The van der Waals surface area contributed by atoms with Gasteiger partial charge in [0.1, 0.15) is 6.61 Å². The Morgan fingerprint density at radius 3 is 2.46 bits per heavy atom. The van der Waals surface area contributed by atoms with Gasteiger partial charge in [-0.15, -0.1) is 24.8 Å². The Morgan fingerprint density at radius 2 is 1.82 bits per heavy atom. The van der Waals surface area contributed by atoms with Crippen molar-refractivity contribution in [2.45, 2.75) is 19.6 Å². The molecule has 0 aliphatic carbocycles. The predicted octanol–water partition coefficient (Wildman–Crippen LogP) is 5.89. The van der Waals surface area contributed by atoms with Crippen LogP contribution in [-0.2, 0) is 13.2 Å². The molecule has 0 radical (unpaired) electrons. The van der Waals surface area contributed by atoms with Gasteiger partial charge < -0.3 is 20.1 Å². The maximum atomic E-state index is 6.21. The van der Waals surface area contributed by atoms with Gasteiger partial charge in [-0.25, -0.2) is 0 Å². The minimum atomic E-state index is 0. The highest BCUT2D eigenvalue weighted by Gasteiger charge is 2.13. The van der Waals surface area contributed by atoms with Gasteiger partial charge in [0.05, 0.1) is 11.6 Å². The fourth-order valence-corrected chi connectivity index (χ4v) is 3.49. The number of benzene rings is 2. The minimum absolute atomic E-state index is 0. The standard InChI is InChI=1S/C19H23BrCl2N2O2.2ClH/c1-23-6-3-7-24-11-13-8-16(20)19(18(9-13)25-2)26-12-14-4-5-15(21)10-17(14)22;;/h4-5,8-10,23-24H,3,6-7,11-12H2,1-2H3;2*1H. The van der Waals surface area contributed by atoms with Crippen molar-refractivity contribution in [3.63, 3.8) is 0 Å². The molecule has 0 heterocycles. The Hall–Kier alpha value is -0.400. The zero-order valence-electron chi connectivity index (χ0n) is 15.7. The van der Waals surface area contributed by atoms with E-state index >= 15 is 0 Å². The maximum absolute atomic E-state index is 6.21. The number of hydrogen-bond acceptors (Lipinski definition) is 4. The summed E-state index contributed by atoms with van der Waals surface area (Å²) in [5, 5.41) is 7.73. The van der Waals surface area contributed by atoms with Crippen LogP contribution in [0.2, 0.25) is 10.0 Å². The maximum Gasteiger partial charge on any atom is 0.175 e. The molecule has 0 unspecified atom stereocenters. The fourth-order valence-electron chi connectivity index (χ4n) is 2.43. The van der Waals surface area contributed by atoms with E-state index in [0.29, 0.717) is 28.2 Å². The first-order chi connectivity index (χ1) is 12.5. The van der Waals surface area contributed by atoms with E-state index < -0.39 is 0 Å². The number of methoxy groups -OCH3 is 1. The highest BCUT2D eigenvalue weighted by molar-refractivity contribution is 9.10. The first-order valence-corrected chi connectivity index (χ1v) is 9.88. The van der Waals surface area contributed by atoms with Crippen molar-refractivity contribution in [1.82, 2.24) is 10.6 Å². The summed E-state index contributed by atoms with van der Waals surface area (Å²) in [6.45, 7) is 3.04. The van der Waals surface area contributed by atoms with Gasteiger partial charge in [0.25, 0.3) is 0 Å². The average molecular weight is 535 g/mol. The molecule has 0 atom stereocenters. The number of ether oxygens (including phenoxy) is 2. The Bertz CT molecular complexity index is 735. The molecule has 2 rings (SSSR count). The van der Waals surface area contributed by atoms with Crippen LogP contribution in [0, 0.1) is 0 Å². The largest absolute Gasteiger partial charge is 0.493 e. The Kier molecular flexibility index (Phi) is 14.4. The SMILES string of the molecule is CNCCCNCc1cc(Br)c(OCc2ccc(Cl)cc2Cl)c(OC)c1.Cl.Cl. The van der Waals surface area contributed by atoms with Crippen LogP contribution in [0.3, 0.4) is 0 Å². The van der Waals surface area contributed by atoms with Crippen LogP contribution >= 0.6 is 63.9 Å². The van der Waals surface area contributed by atoms with Crippen molar-refractivity contribution in [2.24, 2.45) is 0 Å². The summed E-state index contributed by atoms with van der Waals surface area (Å²) >= 11 is 15.7. The highest BCUT2D eigenvalue weighted by atomic mass is 79.9. The van der Waals surface area contributed by atoms with Gasteiger partial charge in [-0.2, -0.15) is 0 Å². The van der Waals surface area contributed by atoms with E-state index in [2.05, 4.69) is 26.6 Å². The molecule has 0 aliphatic heterocycles. The van der Waals surface area contributed by atoms with E-state index in [-0.39, 0.29) is 24.8 Å². The van der Waals surface area contributed by atoms with Crippen molar-refractivity contribution in [3.8, 4) is 11.5 Å². The molecular weight excluding hydrogens is 510 g/mol. The molecule has 0 fully saturated rings. The lowest BCUT2D eigenvalue weighted by molar-refractivity contribution is 0.282. The van der Waals surface area contributed by atoms with Crippen LogP contribution in [0.25, 0.3) is 0 Å². The summed E-state index contributed by atoms with van der Waals surface area (Å²) in [5.41, 5.74) is 1.98. The molecular formula is C19H25BrCl4N2O2. The van der Waals surface area contributed by atoms with Crippen LogP contribution in [-0.4, -0.2) is 27.2 Å². The van der Waals surface area contributed by atoms with Gasteiger partial charge in [0.15, 0.2) is 11.5 Å². The molecule has 158 valence electrons. The van der Waals surface area contributed by atoms with Crippen LogP contribution in [0.15, 0.2) is 34.8 Å². The molecule has 28 heavy (non-hydrogen) atoms. The highest BCUT2D eigenvalue weighted by Crippen LogP contribution is 2.37. The summed E-state index contributed by atoms with van der Waals surface area (Å²) in [6, 6.07) is 9.37. The average Bonchev–Trinajstić information content (AvgIpc) is 2.61. The van der Waals surface area contributed by atoms with E-state index in [1.807, 2.05) is 25.2 Å². The molecule has 2 N–H and O–H groups in total. The summed E-state index contributed by atoms with van der Waals surface area (Å²) < 4.78 is 12.3. The molecule has 0 spiro atoms. The quantitative estimate of drug-likeness (QED) is 0.373. The molecule has 0 aromatic heterocycles. The smallest absolute Gasteiger partial charge is 0.175 e. The van der Waals surface area contributed by atoms with Gasteiger partial charge in [-0.3, -0.25) is 0 Å². The number of halogens is 5. The third-order valence-corrected chi connectivity index (χ3v) is 4.96. The second kappa shape index (κ2) is 14.6. The number of nitrogens with one attached hydrogen (secondary N) is 2. The Balaban J connectivity index is 0.00000364. The minimum Gasteiger partial charge on any atom is -0.493 e. The van der Waals surface area contributed by atoms with Crippen molar-refractivity contribution >= 4 is 63.9 Å². The second-order valence-electron chi connectivity index (χ2n) is 5.77. The molecule has 2 aromatic rings. The summed E-state index contributed by atoms with van der Waals surface area (Å²) in [5.74, 6) is 1.33. The van der Waals surface area contributed by atoms with Crippen molar-refractivity contribution in [2.75, 3.05) is 27.2 Å². The van der Waals surface area contributed by atoms with Crippen LogP contribution in [0.4, 0.5) is 0 Å². The molecule has 2 aromatic carbocycles. The lowest BCUT2D eigenvalue weighted by Crippen LogP contribution is -2.19. The van der Waals surface area contributed by atoms with Crippen molar-refractivity contribution < 1.29 is 9.47 Å². The third-order valence-electron chi connectivity index (χ3n) is 3.79. The summed E-state index contributed by atoms with van der Waals surface area (Å²) in [6.07, 6.45) is 1.08. The number of hydrogen-bond donors (Lipinski definition) is 2. The summed E-state index contributed by atoms with van der Waals surface area (Å²) in [4.78, 5) is 0. The molecule has 0 aliphatic rings. The lowest BCUT2D eigenvalue weighted by atomic mass is 10.2.